The number of phenols is 1. The Morgan fingerprint density at radius 3 is 2.62 bits per heavy atom. The molecular weight excluding hydrogens is 354 g/mol. The molecule has 1 aromatic rings. The van der Waals surface area contributed by atoms with Crippen molar-refractivity contribution in [2.45, 2.75) is 26.4 Å². The molecule has 0 bridgehead atoms. The van der Waals surface area contributed by atoms with Crippen molar-refractivity contribution < 1.29 is 24.2 Å². The van der Waals surface area contributed by atoms with Gasteiger partial charge in [-0.25, -0.2) is 0 Å². The molecular formula is C16H16ClNO5S. The van der Waals surface area contributed by atoms with Gasteiger partial charge in [-0.15, -0.1) is 0 Å². The number of carbonyl (C=O) groups excluding carboxylic acids is 3. The predicted molar refractivity (Wildman–Crippen MR) is 91.6 cm³/mol. The van der Waals surface area contributed by atoms with Crippen molar-refractivity contribution in [3.8, 4) is 5.75 Å². The highest BCUT2D eigenvalue weighted by molar-refractivity contribution is 8.18. The van der Waals surface area contributed by atoms with E-state index in [1.165, 1.54) is 18.2 Å². The number of thioether (sulfide) groups is 1. The molecule has 0 spiro atoms. The van der Waals surface area contributed by atoms with Gasteiger partial charge in [0.25, 0.3) is 11.1 Å². The number of phenolic OH excluding ortho intramolecular Hbond substituents is 1. The Morgan fingerprint density at radius 1 is 1.38 bits per heavy atom. The predicted octanol–water partition coefficient (Wildman–Crippen LogP) is 3.42. The SMILES string of the molecule is CC(C)(C)OC(=O)CN1C(=O)S/C(=C/c2ccc(O)c(Cl)c2)C1=O. The first-order chi connectivity index (χ1) is 11.1. The van der Waals surface area contributed by atoms with Gasteiger partial charge in [-0.05, 0) is 56.3 Å². The number of esters is 1. The van der Waals surface area contributed by atoms with Gasteiger partial charge in [0.15, 0.2) is 0 Å². The van der Waals surface area contributed by atoms with Gasteiger partial charge in [0.05, 0.1) is 9.93 Å². The lowest BCUT2D eigenvalue weighted by Crippen LogP contribution is -2.37. The van der Waals surface area contributed by atoms with Gasteiger partial charge in [0, 0.05) is 0 Å². The van der Waals surface area contributed by atoms with Gasteiger partial charge in [-0.2, -0.15) is 0 Å². The van der Waals surface area contributed by atoms with E-state index in [2.05, 4.69) is 0 Å². The molecule has 0 atom stereocenters. The average molecular weight is 370 g/mol. The van der Waals surface area contributed by atoms with Crippen LogP contribution in [0, 0.1) is 0 Å². The summed E-state index contributed by atoms with van der Waals surface area (Å²) in [5, 5.41) is 8.99. The third-order valence-electron chi connectivity index (χ3n) is 2.85. The largest absolute Gasteiger partial charge is 0.506 e. The molecule has 0 unspecified atom stereocenters. The van der Waals surface area contributed by atoms with Crippen LogP contribution in [0.3, 0.4) is 0 Å². The van der Waals surface area contributed by atoms with Gasteiger partial charge in [-0.3, -0.25) is 19.3 Å². The summed E-state index contributed by atoms with van der Waals surface area (Å²) < 4.78 is 5.12. The lowest BCUT2D eigenvalue weighted by molar-refractivity contribution is -0.156. The molecule has 2 amide bonds. The number of benzene rings is 1. The Morgan fingerprint density at radius 2 is 2.04 bits per heavy atom. The van der Waals surface area contributed by atoms with Crippen LogP contribution in [0.4, 0.5) is 4.79 Å². The van der Waals surface area contributed by atoms with E-state index in [9.17, 15) is 19.5 Å². The maximum atomic E-state index is 12.3. The highest BCUT2D eigenvalue weighted by Crippen LogP contribution is 2.33. The standard InChI is InChI=1S/C16H16ClNO5S/c1-16(2,3)23-13(20)8-18-14(21)12(24-15(18)22)7-9-4-5-11(19)10(17)6-9/h4-7,19H,8H2,1-3H3/b12-7+. The number of nitrogens with zero attached hydrogens (tertiary/aromatic N) is 1. The number of aromatic hydroxyl groups is 1. The summed E-state index contributed by atoms with van der Waals surface area (Å²) in [7, 11) is 0. The molecule has 8 heteroatoms. The monoisotopic (exact) mass is 369 g/mol. The summed E-state index contributed by atoms with van der Waals surface area (Å²) in [6.45, 7) is 4.67. The zero-order valence-electron chi connectivity index (χ0n) is 13.3. The third-order valence-corrected chi connectivity index (χ3v) is 4.06. The van der Waals surface area contributed by atoms with E-state index < -0.39 is 29.3 Å². The number of carbonyl (C=O) groups is 3. The summed E-state index contributed by atoms with van der Waals surface area (Å²) in [6, 6.07) is 4.42. The molecule has 24 heavy (non-hydrogen) atoms. The molecule has 0 aliphatic carbocycles. The van der Waals surface area contributed by atoms with Crippen molar-refractivity contribution in [3.63, 3.8) is 0 Å². The van der Waals surface area contributed by atoms with E-state index in [4.69, 9.17) is 16.3 Å². The fraction of sp³-hybridized carbons (Fsp3) is 0.312. The van der Waals surface area contributed by atoms with Crippen LogP contribution in [0.2, 0.25) is 5.02 Å². The second-order valence-corrected chi connectivity index (χ2v) is 7.47. The summed E-state index contributed by atoms with van der Waals surface area (Å²) in [5.74, 6) is -1.30. The molecule has 0 aromatic heterocycles. The van der Waals surface area contributed by atoms with E-state index >= 15 is 0 Å². The van der Waals surface area contributed by atoms with E-state index in [1.54, 1.807) is 26.8 Å². The lowest BCUT2D eigenvalue weighted by Gasteiger charge is -2.21. The van der Waals surface area contributed by atoms with Crippen LogP contribution in [0.5, 0.6) is 5.75 Å². The maximum absolute atomic E-state index is 12.3. The fourth-order valence-corrected chi connectivity index (χ4v) is 2.93. The molecule has 2 rings (SSSR count). The number of ether oxygens (including phenoxy) is 1. The first-order valence-electron chi connectivity index (χ1n) is 7.02. The van der Waals surface area contributed by atoms with E-state index in [1.807, 2.05) is 0 Å². The van der Waals surface area contributed by atoms with Crippen LogP contribution in [0.15, 0.2) is 23.1 Å². The number of halogens is 1. The van der Waals surface area contributed by atoms with E-state index in [-0.39, 0.29) is 15.7 Å². The Bertz CT molecular complexity index is 738. The van der Waals surface area contributed by atoms with Crippen molar-refractivity contribution in [1.82, 2.24) is 4.90 Å². The number of amides is 2. The van der Waals surface area contributed by atoms with E-state index in [0.29, 0.717) is 5.56 Å². The van der Waals surface area contributed by atoms with Gasteiger partial charge in [0.1, 0.15) is 17.9 Å². The number of imide groups is 1. The normalized spacial score (nSPS) is 16.8. The summed E-state index contributed by atoms with van der Waals surface area (Å²) in [6.07, 6.45) is 1.48. The number of rotatable bonds is 3. The third kappa shape index (κ3) is 4.52. The molecule has 6 nitrogen and oxygen atoms in total. The Labute approximate surface area is 148 Å². The summed E-state index contributed by atoms with van der Waals surface area (Å²) >= 11 is 6.55. The topological polar surface area (TPSA) is 83.9 Å². The van der Waals surface area contributed by atoms with Crippen molar-refractivity contribution in [1.29, 1.82) is 0 Å². The minimum absolute atomic E-state index is 0.0770. The number of hydrogen-bond acceptors (Lipinski definition) is 6. The zero-order valence-corrected chi connectivity index (χ0v) is 14.9. The van der Waals surface area contributed by atoms with Crippen LogP contribution in [-0.4, -0.2) is 39.3 Å². The van der Waals surface area contributed by atoms with Crippen LogP contribution in [0.1, 0.15) is 26.3 Å². The van der Waals surface area contributed by atoms with E-state index in [0.717, 1.165) is 16.7 Å². The summed E-state index contributed by atoms with van der Waals surface area (Å²) in [4.78, 5) is 37.1. The van der Waals surface area contributed by atoms with Crippen LogP contribution < -0.4 is 0 Å². The average Bonchev–Trinajstić information content (AvgIpc) is 2.69. The maximum Gasteiger partial charge on any atom is 0.326 e. The molecule has 128 valence electrons. The van der Waals surface area contributed by atoms with Crippen LogP contribution in [0.25, 0.3) is 6.08 Å². The minimum atomic E-state index is -0.697. The Hall–Kier alpha value is -1.99. The molecule has 1 aliphatic rings. The fourth-order valence-electron chi connectivity index (χ4n) is 1.90. The van der Waals surface area contributed by atoms with Gasteiger partial charge >= 0.3 is 5.97 Å². The molecule has 0 radical (unpaired) electrons. The van der Waals surface area contributed by atoms with Crippen molar-refractivity contribution in [3.05, 3.63) is 33.7 Å². The second kappa shape index (κ2) is 6.86. The lowest BCUT2D eigenvalue weighted by atomic mass is 10.2. The smallest absolute Gasteiger partial charge is 0.326 e. The second-order valence-electron chi connectivity index (χ2n) is 6.07. The highest BCUT2D eigenvalue weighted by Gasteiger charge is 2.37. The van der Waals surface area contributed by atoms with Gasteiger partial charge < -0.3 is 9.84 Å². The minimum Gasteiger partial charge on any atom is -0.506 e. The summed E-state index contributed by atoms with van der Waals surface area (Å²) in [5.41, 5.74) is -0.141. The first kappa shape index (κ1) is 18.4. The van der Waals surface area contributed by atoms with Crippen molar-refractivity contribution >= 4 is 46.6 Å². The van der Waals surface area contributed by atoms with Crippen molar-refractivity contribution in [2.75, 3.05) is 6.54 Å². The highest BCUT2D eigenvalue weighted by atomic mass is 35.5. The molecule has 1 fully saturated rings. The van der Waals surface area contributed by atoms with Crippen molar-refractivity contribution in [2.24, 2.45) is 0 Å². The molecule has 0 saturated carbocycles. The quantitative estimate of drug-likeness (QED) is 0.649. The Kier molecular flexibility index (Phi) is 5.25. The van der Waals surface area contributed by atoms with Gasteiger partial charge in [0.2, 0.25) is 0 Å². The Balaban J connectivity index is 2.14. The van der Waals surface area contributed by atoms with Gasteiger partial charge in [-0.1, -0.05) is 17.7 Å². The molecule has 1 heterocycles. The molecule has 1 aliphatic heterocycles. The van der Waals surface area contributed by atoms with Crippen LogP contribution >= 0.6 is 23.4 Å². The zero-order chi connectivity index (χ0) is 18.1. The first-order valence-corrected chi connectivity index (χ1v) is 8.22. The molecule has 1 N–H and O–H groups in total. The molecule has 1 saturated heterocycles. The van der Waals surface area contributed by atoms with Crippen LogP contribution in [-0.2, 0) is 14.3 Å². The number of hydrogen-bond donors (Lipinski definition) is 1. The molecule has 1 aromatic carbocycles.